The summed E-state index contributed by atoms with van der Waals surface area (Å²) in [6, 6.07) is 4.50. The maximum Gasteiger partial charge on any atom is 0.255 e. The van der Waals surface area contributed by atoms with Gasteiger partial charge in [-0.25, -0.2) is 0 Å². The minimum Gasteiger partial charge on any atom is -0.380 e. The van der Waals surface area contributed by atoms with Crippen molar-refractivity contribution in [3.05, 3.63) is 29.3 Å². The van der Waals surface area contributed by atoms with E-state index < -0.39 is 22.7 Å². The average Bonchev–Trinajstić information content (AvgIpc) is 2.95. The van der Waals surface area contributed by atoms with Crippen LogP contribution in [0.3, 0.4) is 0 Å². The number of carbonyl (C=O) groups is 3. The third-order valence-electron chi connectivity index (χ3n) is 4.42. The molecule has 1 fully saturated rings. The van der Waals surface area contributed by atoms with Gasteiger partial charge >= 0.3 is 0 Å². The predicted molar refractivity (Wildman–Crippen MR) is 103 cm³/mol. The molecule has 0 spiro atoms. The molecule has 2 atom stereocenters. The minimum absolute atomic E-state index is 0.212. The van der Waals surface area contributed by atoms with E-state index in [4.69, 9.17) is 4.74 Å². The van der Waals surface area contributed by atoms with Gasteiger partial charge in [0, 0.05) is 33.4 Å². The van der Waals surface area contributed by atoms with Gasteiger partial charge in [0.2, 0.25) is 11.8 Å². The molecule has 0 aromatic heterocycles. The third kappa shape index (κ3) is 3.99. The van der Waals surface area contributed by atoms with Crippen LogP contribution in [0.4, 0.5) is 0 Å². The van der Waals surface area contributed by atoms with Crippen LogP contribution in [0.15, 0.2) is 23.1 Å². The largest absolute Gasteiger partial charge is 0.380 e. The van der Waals surface area contributed by atoms with Gasteiger partial charge in [-0.05, 0) is 18.6 Å². The van der Waals surface area contributed by atoms with E-state index in [1.165, 1.54) is 4.90 Å². The number of nitrogens with zero attached hydrogens (tertiary/aromatic N) is 1. The number of piperidine rings is 1. The average molecular weight is 490 g/mol. The van der Waals surface area contributed by atoms with Gasteiger partial charge in [-0.2, -0.15) is 0 Å². The number of carbonyl (C=O) groups excluding carboxylic acids is 3. The van der Waals surface area contributed by atoms with Gasteiger partial charge < -0.3 is 9.64 Å². The Hall–Kier alpha value is -1.33. The van der Waals surface area contributed by atoms with Gasteiger partial charge in [0.1, 0.15) is 6.04 Å². The van der Waals surface area contributed by atoms with Crippen molar-refractivity contribution < 1.29 is 23.3 Å². The summed E-state index contributed by atoms with van der Waals surface area (Å²) in [7, 11) is -1.28. The van der Waals surface area contributed by atoms with Crippen LogP contribution < -0.4 is 5.32 Å². The van der Waals surface area contributed by atoms with Crippen molar-refractivity contribution in [2.75, 3.05) is 23.4 Å². The van der Waals surface area contributed by atoms with Crippen LogP contribution in [-0.2, 0) is 31.7 Å². The molecule has 2 aliphatic rings. The molecule has 1 aromatic rings. The minimum atomic E-state index is -1.28. The first-order valence-electron chi connectivity index (χ1n) is 8.31. The number of rotatable bonds is 7. The summed E-state index contributed by atoms with van der Waals surface area (Å²) >= 11 is 2.21. The molecule has 0 aliphatic carbocycles. The van der Waals surface area contributed by atoms with Crippen LogP contribution >= 0.6 is 22.6 Å². The molecule has 2 unspecified atom stereocenters. The quantitative estimate of drug-likeness (QED) is 0.267. The van der Waals surface area contributed by atoms with E-state index in [1.54, 1.807) is 18.2 Å². The molecule has 0 bridgehead atoms. The number of hydrogen-bond acceptors (Lipinski definition) is 5. The Morgan fingerprint density at radius 1 is 1.27 bits per heavy atom. The molecule has 7 nitrogen and oxygen atoms in total. The summed E-state index contributed by atoms with van der Waals surface area (Å²) in [5, 5.41) is 2.28. The highest BCUT2D eigenvalue weighted by atomic mass is 127. The summed E-state index contributed by atoms with van der Waals surface area (Å²) < 4.78 is 18.9. The summed E-state index contributed by atoms with van der Waals surface area (Å²) in [5.74, 6) is -0.657. The Labute approximate surface area is 167 Å². The van der Waals surface area contributed by atoms with Crippen molar-refractivity contribution in [1.82, 2.24) is 10.2 Å². The second-order valence-electron chi connectivity index (χ2n) is 6.03. The molecule has 26 heavy (non-hydrogen) atoms. The number of benzene rings is 1. The number of nitrogens with one attached hydrogen (secondary N) is 1. The molecule has 2 aliphatic heterocycles. The molecule has 9 heteroatoms. The standard InChI is InChI=1S/C17H19IN2O5S/c18-6-7-25-8-9-26(24)14-3-1-2-11-12(14)10-20(17(11)23)13-4-5-15(21)19-16(13)22/h1-3,13H,4-10H2,(H,19,21,22). The van der Waals surface area contributed by atoms with E-state index in [0.717, 1.165) is 4.43 Å². The lowest BCUT2D eigenvalue weighted by Gasteiger charge is -2.29. The predicted octanol–water partition coefficient (Wildman–Crippen LogP) is 1.01. The van der Waals surface area contributed by atoms with E-state index in [1.807, 2.05) is 0 Å². The summed E-state index contributed by atoms with van der Waals surface area (Å²) in [4.78, 5) is 38.3. The number of imide groups is 1. The Morgan fingerprint density at radius 3 is 2.81 bits per heavy atom. The lowest BCUT2D eigenvalue weighted by atomic mass is 10.0. The van der Waals surface area contributed by atoms with Crippen LogP contribution in [0.2, 0.25) is 0 Å². The second kappa shape index (κ2) is 8.57. The fourth-order valence-corrected chi connectivity index (χ4v) is 4.65. The first kappa shape index (κ1) is 19.4. The number of fused-ring (bicyclic) bond motifs is 1. The summed E-state index contributed by atoms with van der Waals surface area (Å²) in [6.07, 6.45) is 0.524. The molecular weight excluding hydrogens is 471 g/mol. The van der Waals surface area contributed by atoms with Crippen molar-refractivity contribution in [2.45, 2.75) is 30.3 Å². The van der Waals surface area contributed by atoms with Crippen molar-refractivity contribution >= 4 is 51.1 Å². The molecule has 1 N–H and O–H groups in total. The monoisotopic (exact) mass is 490 g/mol. The molecular formula is C17H19IN2O5S. The molecule has 1 aromatic carbocycles. The highest BCUT2D eigenvalue weighted by molar-refractivity contribution is 14.1. The maximum atomic E-state index is 12.7. The second-order valence-corrected chi connectivity index (χ2v) is 8.65. The van der Waals surface area contributed by atoms with E-state index >= 15 is 0 Å². The molecule has 2 heterocycles. The van der Waals surface area contributed by atoms with Gasteiger partial charge in [-0.15, -0.1) is 0 Å². The zero-order chi connectivity index (χ0) is 18.7. The fourth-order valence-electron chi connectivity index (χ4n) is 3.17. The van der Waals surface area contributed by atoms with Crippen LogP contribution in [0, 0.1) is 0 Å². The molecule has 0 saturated carbocycles. The fraction of sp³-hybridized carbons (Fsp3) is 0.471. The van der Waals surface area contributed by atoms with Gasteiger partial charge in [0.15, 0.2) is 0 Å². The number of ether oxygens (including phenoxy) is 1. The van der Waals surface area contributed by atoms with Gasteiger partial charge in [0.05, 0.1) is 29.8 Å². The van der Waals surface area contributed by atoms with E-state index in [0.29, 0.717) is 41.4 Å². The molecule has 0 radical (unpaired) electrons. The molecule has 3 amide bonds. The topological polar surface area (TPSA) is 92.8 Å². The van der Waals surface area contributed by atoms with Crippen molar-refractivity contribution in [3.63, 3.8) is 0 Å². The molecule has 3 rings (SSSR count). The maximum absolute atomic E-state index is 12.7. The number of alkyl halides is 1. The summed E-state index contributed by atoms with van der Waals surface area (Å²) in [6.45, 7) is 1.24. The number of hydrogen-bond donors (Lipinski definition) is 1. The third-order valence-corrected chi connectivity index (χ3v) is 6.27. The Balaban J connectivity index is 1.76. The van der Waals surface area contributed by atoms with Gasteiger partial charge in [-0.1, -0.05) is 28.7 Å². The lowest BCUT2D eigenvalue weighted by Crippen LogP contribution is -2.52. The van der Waals surface area contributed by atoms with Crippen LogP contribution in [0.1, 0.15) is 28.8 Å². The molecule has 140 valence electrons. The Morgan fingerprint density at radius 2 is 2.08 bits per heavy atom. The zero-order valence-corrected chi connectivity index (χ0v) is 17.0. The van der Waals surface area contributed by atoms with Crippen molar-refractivity contribution in [3.8, 4) is 0 Å². The number of amides is 3. The van der Waals surface area contributed by atoms with Crippen molar-refractivity contribution in [1.29, 1.82) is 0 Å². The Bertz CT molecular complexity index is 770. The molecule has 1 saturated heterocycles. The summed E-state index contributed by atoms with van der Waals surface area (Å²) in [5.41, 5.74) is 1.18. The van der Waals surface area contributed by atoms with Crippen molar-refractivity contribution in [2.24, 2.45) is 0 Å². The Kier molecular flexibility index (Phi) is 6.41. The van der Waals surface area contributed by atoms with Crippen LogP contribution in [0.5, 0.6) is 0 Å². The smallest absolute Gasteiger partial charge is 0.255 e. The first-order chi connectivity index (χ1) is 12.5. The van der Waals surface area contributed by atoms with Gasteiger partial charge in [0.25, 0.3) is 5.91 Å². The van der Waals surface area contributed by atoms with E-state index in [-0.39, 0.29) is 24.8 Å². The zero-order valence-electron chi connectivity index (χ0n) is 14.0. The normalized spacial score (nSPS) is 20.9. The highest BCUT2D eigenvalue weighted by Crippen LogP contribution is 2.31. The van der Waals surface area contributed by atoms with Crippen LogP contribution in [-0.4, -0.2) is 56.3 Å². The van der Waals surface area contributed by atoms with Gasteiger partial charge in [-0.3, -0.25) is 23.9 Å². The SMILES string of the molecule is O=C1CCC(N2Cc3c(cccc3S(=O)CCOCCI)C2=O)C(=O)N1. The van der Waals surface area contributed by atoms with Crippen LogP contribution in [0.25, 0.3) is 0 Å². The first-order valence-corrected chi connectivity index (χ1v) is 11.2. The highest BCUT2D eigenvalue weighted by Gasteiger charge is 2.40. The number of halogens is 1. The van der Waals surface area contributed by atoms with E-state index in [9.17, 15) is 18.6 Å². The lowest BCUT2D eigenvalue weighted by molar-refractivity contribution is -0.136. The van der Waals surface area contributed by atoms with E-state index in [2.05, 4.69) is 27.9 Å².